The van der Waals surface area contributed by atoms with Crippen LogP contribution in [0.15, 0.2) is 54.7 Å². The predicted octanol–water partition coefficient (Wildman–Crippen LogP) is 4.19. The van der Waals surface area contributed by atoms with Gasteiger partial charge in [-0.15, -0.1) is 0 Å². The number of ether oxygens (including phenoxy) is 1. The molecule has 0 saturated heterocycles. The van der Waals surface area contributed by atoms with Gasteiger partial charge in [-0.3, -0.25) is 9.59 Å². The lowest BCUT2D eigenvalue weighted by Crippen LogP contribution is -2.45. The van der Waals surface area contributed by atoms with Crippen molar-refractivity contribution in [3.63, 3.8) is 0 Å². The number of nitrogens with one attached hydrogen (secondary N) is 2. The van der Waals surface area contributed by atoms with E-state index in [1.165, 1.54) is 24.3 Å². The Balaban J connectivity index is 1.77. The smallest absolute Gasteiger partial charge is 0.425 e. The highest BCUT2D eigenvalue weighted by Gasteiger charge is 2.38. The van der Waals surface area contributed by atoms with Crippen molar-refractivity contribution in [2.24, 2.45) is 7.05 Å². The fourth-order valence-electron chi connectivity index (χ4n) is 4.18. The number of aromatic nitrogens is 2. The predicted molar refractivity (Wildman–Crippen MR) is 153 cm³/mol. The molecule has 0 fully saturated rings. The lowest BCUT2D eigenvalue weighted by atomic mass is 10.0. The van der Waals surface area contributed by atoms with Crippen LogP contribution in [0.1, 0.15) is 42.5 Å². The van der Waals surface area contributed by atoms with E-state index in [1.54, 1.807) is 32.5 Å². The topological polar surface area (TPSA) is 109 Å². The van der Waals surface area contributed by atoms with Crippen LogP contribution in [-0.4, -0.2) is 69.4 Å². The standard InChI is InChI=1S/C29H35ClF3N5O4/c1-18(29(31,32)33)42-23-12-10-21(11-13-23)26(40)38(30)22(15-35-25(39)16-34-4)14-19-6-8-20(9-7-19)24-17-37(5)27(36-24)28(2,3)41/h6-13,17-18,22,34,41H,14-16H2,1-5H3,(H,35,39)/t18-,22+/m1/s1. The van der Waals surface area contributed by atoms with Gasteiger partial charge in [-0.2, -0.15) is 13.2 Å². The third-order valence-electron chi connectivity index (χ3n) is 6.41. The first-order chi connectivity index (χ1) is 19.6. The minimum Gasteiger partial charge on any atom is -0.481 e. The van der Waals surface area contributed by atoms with Gasteiger partial charge < -0.3 is 25.0 Å². The van der Waals surface area contributed by atoms with Crippen molar-refractivity contribution in [2.45, 2.75) is 51.1 Å². The Hall–Kier alpha value is -3.61. The van der Waals surface area contributed by atoms with Gasteiger partial charge in [-0.25, -0.2) is 9.40 Å². The van der Waals surface area contributed by atoms with Crippen LogP contribution in [0.2, 0.25) is 0 Å². The van der Waals surface area contributed by atoms with E-state index in [0.717, 1.165) is 22.5 Å². The number of carbonyl (C=O) groups is 2. The lowest BCUT2D eigenvalue weighted by molar-refractivity contribution is -0.189. The second-order valence-electron chi connectivity index (χ2n) is 10.5. The summed E-state index contributed by atoms with van der Waals surface area (Å²) < 4.78 is 46.1. The second kappa shape index (κ2) is 13.6. The molecule has 3 N–H and O–H groups in total. The number of nitrogens with zero attached hydrogens (tertiary/aromatic N) is 3. The summed E-state index contributed by atoms with van der Waals surface area (Å²) in [6.07, 6.45) is -4.43. The van der Waals surface area contributed by atoms with Gasteiger partial charge >= 0.3 is 6.18 Å². The summed E-state index contributed by atoms with van der Waals surface area (Å²) in [4.78, 5) is 29.9. The molecule has 0 saturated carbocycles. The van der Waals surface area contributed by atoms with E-state index in [9.17, 15) is 27.9 Å². The maximum atomic E-state index is 13.2. The van der Waals surface area contributed by atoms with Gasteiger partial charge in [0.25, 0.3) is 5.91 Å². The van der Waals surface area contributed by atoms with Gasteiger partial charge in [0.1, 0.15) is 17.2 Å². The molecular weight excluding hydrogens is 575 g/mol. The SMILES string of the molecule is CNCC(=O)NC[C@H](Cc1ccc(-c2cn(C)c(C(C)(C)O)n2)cc1)N(Cl)C(=O)c1ccc(O[C@H](C)C(F)(F)F)cc1. The molecule has 0 aliphatic rings. The molecule has 2 atom stereocenters. The maximum absolute atomic E-state index is 13.2. The van der Waals surface area contributed by atoms with Crippen LogP contribution in [0.25, 0.3) is 11.3 Å². The summed E-state index contributed by atoms with van der Waals surface area (Å²) in [5.41, 5.74) is 1.36. The van der Waals surface area contributed by atoms with Gasteiger partial charge in [0.05, 0.1) is 18.3 Å². The zero-order chi connectivity index (χ0) is 31.2. The first-order valence-electron chi connectivity index (χ1n) is 13.2. The van der Waals surface area contributed by atoms with Gasteiger partial charge in [-0.05, 0) is 64.1 Å². The Morgan fingerprint density at radius 3 is 2.26 bits per heavy atom. The van der Waals surface area contributed by atoms with Crippen LogP contribution in [0.4, 0.5) is 13.2 Å². The zero-order valence-corrected chi connectivity index (χ0v) is 24.8. The molecule has 1 aromatic heterocycles. The molecule has 0 radical (unpaired) electrons. The number of rotatable bonds is 12. The van der Waals surface area contributed by atoms with E-state index in [2.05, 4.69) is 15.6 Å². The average molecular weight is 610 g/mol. The molecular formula is C29H35ClF3N5O4. The van der Waals surface area contributed by atoms with Crippen molar-refractivity contribution >= 4 is 23.6 Å². The van der Waals surface area contributed by atoms with Crippen molar-refractivity contribution in [2.75, 3.05) is 20.1 Å². The molecule has 3 rings (SSSR count). The summed E-state index contributed by atoms with van der Waals surface area (Å²) >= 11 is 6.52. The fourth-order valence-corrected chi connectivity index (χ4v) is 4.42. The molecule has 0 spiro atoms. The summed E-state index contributed by atoms with van der Waals surface area (Å²) in [5.74, 6) is -0.404. The van der Waals surface area contributed by atoms with Crippen molar-refractivity contribution in [1.82, 2.24) is 24.6 Å². The summed E-state index contributed by atoms with van der Waals surface area (Å²) in [7, 11) is 3.44. The molecule has 0 unspecified atom stereocenters. The fraction of sp³-hybridized carbons (Fsp3) is 0.414. The van der Waals surface area contributed by atoms with E-state index in [1.807, 2.05) is 30.5 Å². The number of aliphatic hydroxyl groups is 1. The maximum Gasteiger partial charge on any atom is 0.425 e. The number of amides is 2. The number of aryl methyl sites for hydroxylation is 1. The first kappa shape index (κ1) is 32.9. The molecule has 0 aliphatic heterocycles. The monoisotopic (exact) mass is 609 g/mol. The highest BCUT2D eigenvalue weighted by molar-refractivity contribution is 6.24. The third kappa shape index (κ3) is 8.70. The largest absolute Gasteiger partial charge is 0.481 e. The van der Waals surface area contributed by atoms with Crippen LogP contribution in [0, 0.1) is 0 Å². The molecule has 0 bridgehead atoms. The molecule has 2 amide bonds. The van der Waals surface area contributed by atoms with Crippen molar-refractivity contribution in [3.8, 4) is 17.0 Å². The van der Waals surface area contributed by atoms with Gasteiger partial charge in [0, 0.05) is 42.7 Å². The number of likely N-dealkylation sites (N-methyl/N-ethyl adjacent to an activating group) is 1. The van der Waals surface area contributed by atoms with Crippen LogP contribution >= 0.6 is 11.8 Å². The highest BCUT2D eigenvalue weighted by atomic mass is 35.5. The average Bonchev–Trinajstić information content (AvgIpc) is 3.33. The van der Waals surface area contributed by atoms with Crippen molar-refractivity contribution < 1.29 is 32.6 Å². The molecule has 228 valence electrons. The first-order valence-corrected chi connectivity index (χ1v) is 13.5. The number of carbonyl (C=O) groups excluding carboxylic acids is 2. The van der Waals surface area contributed by atoms with Gasteiger partial charge in [0.2, 0.25) is 5.91 Å². The van der Waals surface area contributed by atoms with E-state index in [0.29, 0.717) is 11.5 Å². The second-order valence-corrected chi connectivity index (χ2v) is 10.8. The van der Waals surface area contributed by atoms with E-state index >= 15 is 0 Å². The number of hydrogen-bond acceptors (Lipinski definition) is 6. The normalized spacial score (nSPS) is 13.4. The quantitative estimate of drug-likeness (QED) is 0.266. The summed E-state index contributed by atoms with van der Waals surface area (Å²) in [6.45, 7) is 4.34. The Kier molecular flexibility index (Phi) is 10.6. The Morgan fingerprint density at radius 1 is 1.12 bits per heavy atom. The molecule has 13 heteroatoms. The molecule has 42 heavy (non-hydrogen) atoms. The van der Waals surface area contributed by atoms with Crippen molar-refractivity contribution in [3.05, 3.63) is 71.7 Å². The molecule has 2 aromatic carbocycles. The lowest BCUT2D eigenvalue weighted by Gasteiger charge is -2.26. The molecule has 1 heterocycles. The van der Waals surface area contributed by atoms with Crippen LogP contribution in [-0.2, 0) is 23.9 Å². The summed E-state index contributed by atoms with van der Waals surface area (Å²) in [6, 6.07) is 12.0. The number of imidazole rings is 1. The number of halogens is 4. The Bertz CT molecular complexity index is 1360. The van der Waals surface area contributed by atoms with Crippen LogP contribution < -0.4 is 15.4 Å². The number of alkyl halides is 3. The van der Waals surface area contributed by atoms with E-state index in [-0.39, 0.29) is 36.7 Å². The van der Waals surface area contributed by atoms with Crippen LogP contribution in [0.3, 0.4) is 0 Å². The Labute approximate surface area is 247 Å². The molecule has 3 aromatic rings. The minimum atomic E-state index is -4.53. The Morgan fingerprint density at radius 2 is 1.74 bits per heavy atom. The molecule has 9 nitrogen and oxygen atoms in total. The van der Waals surface area contributed by atoms with Crippen LogP contribution in [0.5, 0.6) is 5.75 Å². The van der Waals surface area contributed by atoms with E-state index < -0.39 is 29.8 Å². The van der Waals surface area contributed by atoms with Gasteiger partial charge in [-0.1, -0.05) is 24.3 Å². The number of benzene rings is 2. The minimum absolute atomic E-state index is 0.0453. The van der Waals surface area contributed by atoms with Crippen molar-refractivity contribution in [1.29, 1.82) is 0 Å². The third-order valence-corrected chi connectivity index (χ3v) is 6.84. The summed E-state index contributed by atoms with van der Waals surface area (Å²) in [5, 5.41) is 15.8. The zero-order valence-electron chi connectivity index (χ0n) is 24.0. The van der Waals surface area contributed by atoms with E-state index in [4.69, 9.17) is 16.5 Å². The van der Waals surface area contributed by atoms with Gasteiger partial charge in [0.15, 0.2) is 6.10 Å². The highest BCUT2D eigenvalue weighted by Crippen LogP contribution is 2.27. The number of hydrogen-bond donors (Lipinski definition) is 3. The molecule has 0 aliphatic carbocycles.